The summed E-state index contributed by atoms with van der Waals surface area (Å²) < 4.78 is 2.20. The lowest BCUT2D eigenvalue weighted by Gasteiger charge is -2.32. The van der Waals surface area contributed by atoms with Gasteiger partial charge in [0.05, 0.1) is 0 Å². The molecule has 0 atom stereocenters. The Bertz CT molecular complexity index is 534. The minimum Gasteiger partial charge on any atom is -0.357 e. The summed E-state index contributed by atoms with van der Waals surface area (Å²) in [5.74, 6) is 2.05. The van der Waals surface area contributed by atoms with Crippen molar-refractivity contribution in [3.63, 3.8) is 0 Å². The zero-order valence-corrected chi connectivity index (χ0v) is 18.6. The number of aromatic nitrogens is 2. The highest BCUT2D eigenvalue weighted by atomic mass is 127. The summed E-state index contributed by atoms with van der Waals surface area (Å²) in [6.45, 7) is 14.0. The number of likely N-dealkylation sites (tertiary alicyclic amines) is 1. The van der Waals surface area contributed by atoms with Crippen LogP contribution in [0.25, 0.3) is 0 Å². The van der Waals surface area contributed by atoms with Gasteiger partial charge in [0.1, 0.15) is 5.82 Å². The molecule has 0 saturated carbocycles. The van der Waals surface area contributed by atoms with E-state index in [1.54, 1.807) is 0 Å². The monoisotopic (exact) mass is 474 g/mol. The number of unbranched alkanes of at least 4 members (excludes halogenated alkanes) is 1. The average Bonchev–Trinajstić information content (AvgIpc) is 3.02. The topological polar surface area (TPSA) is 57.5 Å². The molecule has 6 nitrogen and oxygen atoms in total. The van der Waals surface area contributed by atoms with Crippen molar-refractivity contribution in [3.8, 4) is 0 Å². The molecule has 0 unspecified atom stereocenters. The Labute approximate surface area is 175 Å². The number of hydrogen-bond donors (Lipinski definition) is 2. The van der Waals surface area contributed by atoms with E-state index in [2.05, 4.69) is 38.6 Å². The number of rotatable bonds is 9. The van der Waals surface area contributed by atoms with Gasteiger partial charge in [-0.05, 0) is 39.5 Å². The number of nitrogens with zero attached hydrogens (tertiary/aromatic N) is 4. The Kier molecular flexibility index (Phi) is 11.6. The molecular weight excluding hydrogens is 439 g/mol. The molecule has 0 spiro atoms. The van der Waals surface area contributed by atoms with Gasteiger partial charge in [-0.2, -0.15) is 0 Å². The van der Waals surface area contributed by atoms with Gasteiger partial charge in [-0.15, -0.1) is 30.6 Å². The molecule has 1 aromatic rings. The van der Waals surface area contributed by atoms with Crippen LogP contribution in [0, 0.1) is 6.92 Å². The van der Waals surface area contributed by atoms with E-state index in [9.17, 15) is 0 Å². The molecule has 1 saturated heterocycles. The molecule has 0 amide bonds. The second-order valence-electron chi connectivity index (χ2n) is 6.64. The molecule has 2 rings (SSSR count). The Morgan fingerprint density at radius 3 is 2.77 bits per heavy atom. The fourth-order valence-corrected chi connectivity index (χ4v) is 3.18. The molecule has 2 heterocycles. The molecule has 2 N–H and O–H groups in total. The van der Waals surface area contributed by atoms with Crippen LogP contribution < -0.4 is 10.6 Å². The Morgan fingerprint density at radius 1 is 1.38 bits per heavy atom. The van der Waals surface area contributed by atoms with Crippen LogP contribution in [0.1, 0.15) is 38.4 Å². The molecule has 1 fully saturated rings. The van der Waals surface area contributed by atoms with Gasteiger partial charge < -0.3 is 15.2 Å². The maximum atomic E-state index is 4.74. The Balaban J connectivity index is 0.00000338. The number of hydrogen-bond acceptors (Lipinski definition) is 3. The van der Waals surface area contributed by atoms with E-state index in [0.717, 1.165) is 76.7 Å². The quantitative estimate of drug-likeness (QED) is 0.190. The van der Waals surface area contributed by atoms with Crippen LogP contribution in [0.15, 0.2) is 30.0 Å². The molecular formula is C19H35IN6. The van der Waals surface area contributed by atoms with Gasteiger partial charge in [0.2, 0.25) is 0 Å². The predicted octanol–water partition coefficient (Wildman–Crippen LogP) is 2.80. The third-order valence-electron chi connectivity index (χ3n) is 4.66. The van der Waals surface area contributed by atoms with Crippen LogP contribution in [0.2, 0.25) is 0 Å². The first-order valence-electron chi connectivity index (χ1n) is 9.58. The molecule has 26 heavy (non-hydrogen) atoms. The molecule has 0 radical (unpaired) electrons. The molecule has 0 bridgehead atoms. The summed E-state index contributed by atoms with van der Waals surface area (Å²) in [7, 11) is 0. The summed E-state index contributed by atoms with van der Waals surface area (Å²) in [6, 6.07) is 0.521. The molecule has 1 aromatic heterocycles. The standard InChI is InChI=1S/C19H34N6.HI/c1-4-12-24-14-8-18(9-15-24)23-19(20-5-2)22-10-6-7-13-25-16-11-21-17(25)3;/h4,11,16,18H,1,5-10,12-15H2,2-3H3,(H2,20,22,23);1H. The van der Waals surface area contributed by atoms with Crippen molar-refractivity contribution in [2.45, 2.75) is 52.1 Å². The lowest BCUT2D eigenvalue weighted by Crippen LogP contribution is -2.48. The molecule has 148 valence electrons. The minimum atomic E-state index is 0. The highest BCUT2D eigenvalue weighted by Crippen LogP contribution is 2.10. The molecule has 1 aliphatic heterocycles. The van der Waals surface area contributed by atoms with E-state index in [4.69, 9.17) is 4.99 Å². The number of imidazole rings is 1. The maximum absolute atomic E-state index is 4.74. The van der Waals surface area contributed by atoms with E-state index in [1.807, 2.05) is 25.4 Å². The minimum absolute atomic E-state index is 0. The summed E-state index contributed by atoms with van der Waals surface area (Å²) in [6.07, 6.45) is 10.4. The van der Waals surface area contributed by atoms with Gasteiger partial charge in [-0.3, -0.25) is 9.89 Å². The van der Waals surface area contributed by atoms with Crippen LogP contribution >= 0.6 is 24.0 Å². The average molecular weight is 474 g/mol. The highest BCUT2D eigenvalue weighted by molar-refractivity contribution is 14.0. The van der Waals surface area contributed by atoms with Crippen molar-refractivity contribution in [1.82, 2.24) is 25.1 Å². The number of nitrogens with one attached hydrogen (secondary N) is 2. The third kappa shape index (κ3) is 8.07. The van der Waals surface area contributed by atoms with Gasteiger partial charge in [-0.1, -0.05) is 6.08 Å². The zero-order valence-electron chi connectivity index (χ0n) is 16.3. The summed E-state index contributed by atoms with van der Waals surface area (Å²) in [5.41, 5.74) is 0. The second kappa shape index (κ2) is 13.1. The van der Waals surface area contributed by atoms with E-state index in [1.165, 1.54) is 0 Å². The van der Waals surface area contributed by atoms with Crippen molar-refractivity contribution in [2.75, 3.05) is 32.7 Å². The van der Waals surface area contributed by atoms with Crippen LogP contribution in [-0.4, -0.2) is 59.2 Å². The van der Waals surface area contributed by atoms with Gasteiger partial charge in [-0.25, -0.2) is 4.98 Å². The second-order valence-corrected chi connectivity index (χ2v) is 6.64. The Morgan fingerprint density at radius 2 is 2.15 bits per heavy atom. The number of halogens is 1. The normalized spacial score (nSPS) is 16.2. The fourth-order valence-electron chi connectivity index (χ4n) is 3.18. The van der Waals surface area contributed by atoms with E-state index < -0.39 is 0 Å². The number of piperidine rings is 1. The number of aliphatic imine (C=N–C) groups is 1. The lowest BCUT2D eigenvalue weighted by molar-refractivity contribution is 0.225. The first-order chi connectivity index (χ1) is 12.2. The molecule has 7 heteroatoms. The number of guanidine groups is 1. The van der Waals surface area contributed by atoms with Crippen molar-refractivity contribution in [2.24, 2.45) is 4.99 Å². The van der Waals surface area contributed by atoms with Gasteiger partial charge in [0.15, 0.2) is 5.96 Å². The molecule has 0 aliphatic carbocycles. The summed E-state index contributed by atoms with van der Waals surface area (Å²) >= 11 is 0. The molecule has 1 aliphatic rings. The van der Waals surface area contributed by atoms with Gasteiger partial charge >= 0.3 is 0 Å². The van der Waals surface area contributed by atoms with Gasteiger partial charge in [0, 0.05) is 57.7 Å². The highest BCUT2D eigenvalue weighted by Gasteiger charge is 2.18. The van der Waals surface area contributed by atoms with Crippen molar-refractivity contribution >= 4 is 29.9 Å². The third-order valence-corrected chi connectivity index (χ3v) is 4.66. The van der Waals surface area contributed by atoms with Crippen LogP contribution in [-0.2, 0) is 6.54 Å². The maximum Gasteiger partial charge on any atom is 0.191 e. The Hall–Kier alpha value is -1.09. The van der Waals surface area contributed by atoms with Crippen molar-refractivity contribution < 1.29 is 0 Å². The fraction of sp³-hybridized carbons (Fsp3) is 0.684. The summed E-state index contributed by atoms with van der Waals surface area (Å²) in [5, 5.41) is 6.98. The van der Waals surface area contributed by atoms with E-state index in [-0.39, 0.29) is 24.0 Å². The molecule has 0 aromatic carbocycles. The van der Waals surface area contributed by atoms with Gasteiger partial charge in [0.25, 0.3) is 0 Å². The van der Waals surface area contributed by atoms with E-state index in [0.29, 0.717) is 6.04 Å². The van der Waals surface area contributed by atoms with Crippen molar-refractivity contribution in [3.05, 3.63) is 30.9 Å². The van der Waals surface area contributed by atoms with Crippen LogP contribution in [0.5, 0.6) is 0 Å². The first-order valence-corrected chi connectivity index (χ1v) is 9.58. The number of aryl methyl sites for hydroxylation is 2. The zero-order chi connectivity index (χ0) is 17.9. The SMILES string of the molecule is C=CCN1CCC(NC(=NCCCCn2ccnc2C)NCC)CC1.I. The first kappa shape index (κ1) is 23.0. The van der Waals surface area contributed by atoms with Crippen LogP contribution in [0.4, 0.5) is 0 Å². The van der Waals surface area contributed by atoms with Crippen molar-refractivity contribution in [1.29, 1.82) is 0 Å². The van der Waals surface area contributed by atoms with E-state index >= 15 is 0 Å². The largest absolute Gasteiger partial charge is 0.357 e. The lowest BCUT2D eigenvalue weighted by atomic mass is 10.1. The predicted molar refractivity (Wildman–Crippen MR) is 120 cm³/mol. The van der Waals surface area contributed by atoms with Crippen LogP contribution in [0.3, 0.4) is 0 Å². The smallest absolute Gasteiger partial charge is 0.191 e. The summed E-state index contributed by atoms with van der Waals surface area (Å²) in [4.78, 5) is 11.5.